The van der Waals surface area contributed by atoms with Gasteiger partial charge in [0.2, 0.25) is 0 Å². The normalized spacial score (nSPS) is 16.3. The molecule has 3 aromatic heterocycles. The van der Waals surface area contributed by atoms with Crippen LogP contribution < -0.4 is 5.73 Å². The number of fused-ring (bicyclic) bond motifs is 3. The largest absolute Gasteiger partial charge is 0.383 e. The number of amides is 1. The molecule has 0 saturated carbocycles. The van der Waals surface area contributed by atoms with Crippen LogP contribution in [0.25, 0.3) is 10.9 Å². The Morgan fingerprint density at radius 3 is 2.90 bits per heavy atom. The van der Waals surface area contributed by atoms with Crippen LogP contribution in [0.4, 0.5) is 5.82 Å². The van der Waals surface area contributed by atoms with Gasteiger partial charge in [-0.05, 0) is 37.1 Å². The number of rotatable bonds is 6. The minimum absolute atomic E-state index is 0.142. The first-order chi connectivity index (χ1) is 14.9. The van der Waals surface area contributed by atoms with E-state index in [0.29, 0.717) is 30.1 Å². The third kappa shape index (κ3) is 4.04. The zero-order valence-electron chi connectivity index (χ0n) is 17.5. The van der Waals surface area contributed by atoms with Crippen LogP contribution >= 0.6 is 11.6 Å². The van der Waals surface area contributed by atoms with E-state index >= 15 is 0 Å². The van der Waals surface area contributed by atoms with E-state index in [2.05, 4.69) is 20.2 Å². The fraction of sp³-hybridized carbons (Fsp3) is 0.381. The molecule has 0 fully saturated rings. The number of pyridine rings is 2. The summed E-state index contributed by atoms with van der Waals surface area (Å²) in [6, 6.07) is 5.10. The third-order valence-corrected chi connectivity index (χ3v) is 5.60. The third-order valence-electron chi connectivity index (χ3n) is 5.40. The van der Waals surface area contributed by atoms with Crippen molar-refractivity contribution >= 4 is 34.2 Å². The number of nitrogen functional groups attached to an aromatic ring is 1. The number of carbonyl (C=O) groups excluding carboxylic acids is 1. The molecule has 2 N–H and O–H groups in total. The monoisotopic (exact) mass is 442 g/mol. The van der Waals surface area contributed by atoms with Gasteiger partial charge in [0.1, 0.15) is 17.7 Å². The summed E-state index contributed by atoms with van der Waals surface area (Å²) in [5.41, 5.74) is 9.42. The van der Waals surface area contributed by atoms with Gasteiger partial charge in [-0.1, -0.05) is 18.5 Å². The highest BCUT2D eigenvalue weighted by atomic mass is 35.5. The molecule has 1 aliphatic rings. The number of hydrogen-bond acceptors (Lipinski definition) is 8. The van der Waals surface area contributed by atoms with E-state index in [1.807, 2.05) is 13.8 Å². The highest BCUT2D eigenvalue weighted by molar-refractivity contribution is 6.29. The van der Waals surface area contributed by atoms with Crippen LogP contribution in [0.1, 0.15) is 53.7 Å². The van der Waals surface area contributed by atoms with Gasteiger partial charge in [0.05, 0.1) is 36.7 Å². The maximum absolute atomic E-state index is 13.5. The molecule has 0 radical (unpaired) electrons. The number of halogens is 1. The Hall–Kier alpha value is -2.88. The van der Waals surface area contributed by atoms with E-state index in [1.165, 1.54) is 0 Å². The number of anilines is 1. The molecule has 4 heterocycles. The van der Waals surface area contributed by atoms with Gasteiger partial charge in [-0.15, -0.1) is 5.10 Å². The summed E-state index contributed by atoms with van der Waals surface area (Å²) in [4.78, 5) is 23.9. The van der Waals surface area contributed by atoms with Gasteiger partial charge in [0.25, 0.3) is 5.91 Å². The molecule has 162 valence electrons. The average molecular weight is 443 g/mol. The first kappa shape index (κ1) is 21.4. The molecule has 4 rings (SSSR count). The molecular formula is C21H23ClN6O3. The summed E-state index contributed by atoms with van der Waals surface area (Å²) < 4.78 is 11.3. The van der Waals surface area contributed by atoms with Gasteiger partial charge in [-0.3, -0.25) is 4.79 Å². The molecule has 0 bridgehead atoms. The van der Waals surface area contributed by atoms with Crippen LogP contribution in [-0.4, -0.2) is 44.3 Å². The Kier molecular flexibility index (Phi) is 5.99. The predicted molar refractivity (Wildman–Crippen MR) is 115 cm³/mol. The van der Waals surface area contributed by atoms with Gasteiger partial charge >= 0.3 is 0 Å². The van der Waals surface area contributed by atoms with Crippen molar-refractivity contribution in [1.82, 2.24) is 25.1 Å². The van der Waals surface area contributed by atoms with Crippen molar-refractivity contribution in [1.29, 1.82) is 0 Å². The van der Waals surface area contributed by atoms with Gasteiger partial charge in [0, 0.05) is 18.1 Å². The topological polar surface area (TPSA) is 116 Å². The Bertz CT molecular complexity index is 1120. The summed E-state index contributed by atoms with van der Waals surface area (Å²) in [7, 11) is 1.56. The summed E-state index contributed by atoms with van der Waals surface area (Å²) in [6.07, 6.45) is 1.56. The number of nitrogens with zero attached hydrogens (tertiary/aromatic N) is 5. The number of ether oxygens (including phenoxy) is 2. The number of methoxy groups -OCH3 is 1. The minimum Gasteiger partial charge on any atom is -0.383 e. The molecule has 1 aliphatic heterocycles. The Morgan fingerprint density at radius 2 is 2.23 bits per heavy atom. The van der Waals surface area contributed by atoms with Gasteiger partial charge in [0.15, 0.2) is 5.15 Å². The quantitative estimate of drug-likeness (QED) is 0.578. The molecule has 31 heavy (non-hydrogen) atoms. The lowest BCUT2D eigenvalue weighted by molar-refractivity contribution is -0.0270. The number of nitrogens with two attached hydrogens (primary N) is 1. The summed E-state index contributed by atoms with van der Waals surface area (Å²) >= 11 is 5.83. The molecule has 9 nitrogen and oxygen atoms in total. The Balaban J connectivity index is 1.74. The van der Waals surface area contributed by atoms with Crippen LogP contribution in [0.15, 0.2) is 24.4 Å². The van der Waals surface area contributed by atoms with Crippen LogP contribution in [-0.2, 0) is 22.6 Å². The highest BCUT2D eigenvalue weighted by Crippen LogP contribution is 2.38. The molecule has 1 unspecified atom stereocenters. The lowest BCUT2D eigenvalue weighted by Gasteiger charge is -2.29. The van der Waals surface area contributed by atoms with Crippen molar-refractivity contribution in [3.05, 3.63) is 52.1 Å². The zero-order valence-corrected chi connectivity index (χ0v) is 18.3. The fourth-order valence-corrected chi connectivity index (χ4v) is 3.96. The second kappa shape index (κ2) is 8.70. The second-order valence-electron chi connectivity index (χ2n) is 7.31. The second-order valence-corrected chi connectivity index (χ2v) is 7.70. The van der Waals surface area contributed by atoms with E-state index in [-0.39, 0.29) is 29.4 Å². The van der Waals surface area contributed by atoms with Gasteiger partial charge in [-0.2, -0.15) is 5.10 Å². The SMILES string of the molecule is CCC(OC)N(Cc1ccc(Cl)nn1)C(=O)c1cc2c3c(c(N)nc2cn1)[C@@H](C)OC3. The first-order valence-corrected chi connectivity index (χ1v) is 10.3. The fourth-order valence-electron chi connectivity index (χ4n) is 3.85. The average Bonchev–Trinajstić information content (AvgIpc) is 3.17. The number of carbonyl (C=O) groups is 1. The van der Waals surface area contributed by atoms with Crippen LogP contribution in [0.2, 0.25) is 5.15 Å². The van der Waals surface area contributed by atoms with Crippen molar-refractivity contribution in [2.75, 3.05) is 12.8 Å². The molecule has 0 aliphatic carbocycles. The first-order valence-electron chi connectivity index (χ1n) is 9.94. The standard InChI is InChI=1S/C21H23ClN6O3/c1-4-18(30-3)28(9-12-5-6-17(22)27-26-12)21(29)15-7-13-14-10-31-11(2)19(14)20(23)25-16(13)8-24-15/h5-8,11,18H,4,9-10H2,1-3H3,(H2,23,25)/t11-,18?/m1/s1. The zero-order chi connectivity index (χ0) is 22.1. The number of aromatic nitrogens is 4. The molecule has 0 aromatic carbocycles. The van der Waals surface area contributed by atoms with E-state index < -0.39 is 6.23 Å². The molecule has 2 atom stereocenters. The van der Waals surface area contributed by atoms with E-state index in [0.717, 1.165) is 16.5 Å². The Labute approximate surface area is 184 Å². The maximum atomic E-state index is 13.5. The van der Waals surface area contributed by atoms with E-state index in [4.69, 9.17) is 26.8 Å². The van der Waals surface area contributed by atoms with Crippen molar-refractivity contribution < 1.29 is 14.3 Å². The molecule has 1 amide bonds. The maximum Gasteiger partial charge on any atom is 0.274 e. The van der Waals surface area contributed by atoms with Crippen molar-refractivity contribution in [3.63, 3.8) is 0 Å². The lowest BCUT2D eigenvalue weighted by atomic mass is 10.0. The van der Waals surface area contributed by atoms with Crippen LogP contribution in [0.5, 0.6) is 0 Å². The highest BCUT2D eigenvalue weighted by Gasteiger charge is 2.28. The van der Waals surface area contributed by atoms with E-state index in [1.54, 1.807) is 36.4 Å². The van der Waals surface area contributed by atoms with Crippen molar-refractivity contribution in [3.8, 4) is 0 Å². The number of hydrogen-bond donors (Lipinski definition) is 1. The molecule has 3 aromatic rings. The van der Waals surface area contributed by atoms with Crippen molar-refractivity contribution in [2.24, 2.45) is 0 Å². The summed E-state index contributed by atoms with van der Waals surface area (Å²) in [6.45, 7) is 4.49. The molecule has 0 saturated heterocycles. The van der Waals surface area contributed by atoms with Gasteiger partial charge < -0.3 is 20.1 Å². The van der Waals surface area contributed by atoms with Crippen LogP contribution in [0.3, 0.4) is 0 Å². The van der Waals surface area contributed by atoms with Crippen LogP contribution in [0, 0.1) is 0 Å². The molecule has 10 heteroatoms. The molecule has 0 spiro atoms. The summed E-state index contributed by atoms with van der Waals surface area (Å²) in [5, 5.41) is 9.02. The summed E-state index contributed by atoms with van der Waals surface area (Å²) in [5.74, 6) is 0.145. The van der Waals surface area contributed by atoms with Gasteiger partial charge in [-0.25, -0.2) is 9.97 Å². The van der Waals surface area contributed by atoms with E-state index in [9.17, 15) is 4.79 Å². The molecular weight excluding hydrogens is 420 g/mol. The Morgan fingerprint density at radius 1 is 1.42 bits per heavy atom. The smallest absolute Gasteiger partial charge is 0.274 e. The van der Waals surface area contributed by atoms with Crippen molar-refractivity contribution in [2.45, 2.75) is 45.8 Å². The minimum atomic E-state index is -0.457. The predicted octanol–water partition coefficient (Wildman–Crippen LogP) is 3.27. The lowest BCUT2D eigenvalue weighted by Crippen LogP contribution is -2.41.